The van der Waals surface area contributed by atoms with Crippen molar-refractivity contribution in [3.63, 3.8) is 0 Å². The fraction of sp³-hybridized carbons (Fsp3) is 0.267. The van der Waals surface area contributed by atoms with Gasteiger partial charge in [0, 0.05) is 19.5 Å². The fourth-order valence-electron chi connectivity index (χ4n) is 2.24. The first-order valence-corrected chi connectivity index (χ1v) is 6.35. The Bertz CT molecular complexity index is 589. The van der Waals surface area contributed by atoms with Gasteiger partial charge in [-0.05, 0) is 12.1 Å². The highest BCUT2D eigenvalue weighted by atomic mass is 16.2. The number of amides is 2. The Balaban J connectivity index is 2.15. The molecular weight excluding hydrogens is 254 g/mol. The van der Waals surface area contributed by atoms with Crippen LogP contribution in [-0.4, -0.2) is 24.9 Å². The molecule has 1 saturated heterocycles. The predicted molar refractivity (Wildman–Crippen MR) is 74.8 cm³/mol. The van der Waals surface area contributed by atoms with Gasteiger partial charge in [-0.3, -0.25) is 9.59 Å². The van der Waals surface area contributed by atoms with Gasteiger partial charge < -0.3 is 10.2 Å². The molecule has 0 saturated carbocycles. The summed E-state index contributed by atoms with van der Waals surface area (Å²) in [7, 11) is 0. The van der Waals surface area contributed by atoms with Crippen LogP contribution in [0.5, 0.6) is 0 Å². The van der Waals surface area contributed by atoms with E-state index in [0.29, 0.717) is 24.3 Å². The van der Waals surface area contributed by atoms with Crippen LogP contribution in [0.1, 0.15) is 12.0 Å². The summed E-state index contributed by atoms with van der Waals surface area (Å²) in [5.41, 5.74) is 1.01. The van der Waals surface area contributed by atoms with Crippen LogP contribution in [0.2, 0.25) is 0 Å². The van der Waals surface area contributed by atoms with Gasteiger partial charge in [0.1, 0.15) is 6.07 Å². The Labute approximate surface area is 117 Å². The molecule has 1 aromatic rings. The number of carbonyl (C=O) groups excluding carboxylic acids is 2. The van der Waals surface area contributed by atoms with Crippen molar-refractivity contribution in [2.24, 2.45) is 5.92 Å². The maximum atomic E-state index is 12.0. The molecule has 1 heterocycles. The lowest BCUT2D eigenvalue weighted by Gasteiger charge is -2.17. The van der Waals surface area contributed by atoms with Gasteiger partial charge >= 0.3 is 0 Å². The lowest BCUT2D eigenvalue weighted by atomic mass is 10.1. The Morgan fingerprint density at radius 2 is 2.30 bits per heavy atom. The van der Waals surface area contributed by atoms with Gasteiger partial charge in [-0.25, -0.2) is 0 Å². The van der Waals surface area contributed by atoms with E-state index in [9.17, 15) is 9.59 Å². The smallest absolute Gasteiger partial charge is 0.227 e. The second kappa shape index (κ2) is 6.02. The van der Waals surface area contributed by atoms with Crippen molar-refractivity contribution in [1.82, 2.24) is 5.32 Å². The predicted octanol–water partition coefficient (Wildman–Crippen LogP) is 1.21. The number of hydrogen-bond acceptors (Lipinski definition) is 3. The molecule has 1 atom stereocenters. The monoisotopic (exact) mass is 269 g/mol. The first-order chi connectivity index (χ1) is 9.67. The van der Waals surface area contributed by atoms with Gasteiger partial charge in [-0.15, -0.1) is 6.58 Å². The molecule has 0 aromatic heterocycles. The van der Waals surface area contributed by atoms with Crippen LogP contribution in [0, 0.1) is 17.2 Å². The van der Waals surface area contributed by atoms with Crippen LogP contribution in [0.4, 0.5) is 5.69 Å². The molecule has 0 bridgehead atoms. The Morgan fingerprint density at radius 1 is 1.55 bits per heavy atom. The van der Waals surface area contributed by atoms with E-state index in [1.807, 2.05) is 0 Å². The third-order valence-electron chi connectivity index (χ3n) is 3.23. The maximum Gasteiger partial charge on any atom is 0.227 e. The molecule has 1 N–H and O–H groups in total. The molecule has 0 spiro atoms. The largest absolute Gasteiger partial charge is 0.352 e. The van der Waals surface area contributed by atoms with Crippen LogP contribution in [0.3, 0.4) is 0 Å². The van der Waals surface area contributed by atoms with E-state index >= 15 is 0 Å². The van der Waals surface area contributed by atoms with Gasteiger partial charge in [-0.2, -0.15) is 5.26 Å². The fourth-order valence-corrected chi connectivity index (χ4v) is 2.24. The van der Waals surface area contributed by atoms with E-state index in [4.69, 9.17) is 5.26 Å². The van der Waals surface area contributed by atoms with Gasteiger partial charge in [0.05, 0.1) is 17.2 Å². The number of rotatable bonds is 4. The molecule has 5 heteroatoms. The minimum atomic E-state index is -0.380. The summed E-state index contributed by atoms with van der Waals surface area (Å²) in [6.45, 7) is 4.22. The van der Waals surface area contributed by atoms with E-state index in [0.717, 1.165) is 0 Å². The second-order valence-corrected chi connectivity index (χ2v) is 4.57. The number of nitrogens with one attached hydrogen (secondary N) is 1. The average Bonchev–Trinajstić information content (AvgIpc) is 2.86. The third kappa shape index (κ3) is 2.69. The van der Waals surface area contributed by atoms with Crippen molar-refractivity contribution in [2.75, 3.05) is 18.0 Å². The van der Waals surface area contributed by atoms with Crippen LogP contribution in [-0.2, 0) is 9.59 Å². The summed E-state index contributed by atoms with van der Waals surface area (Å²) in [6, 6.07) is 8.97. The molecule has 1 aromatic carbocycles. The van der Waals surface area contributed by atoms with Gasteiger partial charge in [0.2, 0.25) is 11.8 Å². The number of anilines is 1. The number of para-hydroxylation sites is 1. The molecule has 1 unspecified atom stereocenters. The topological polar surface area (TPSA) is 73.2 Å². The van der Waals surface area contributed by atoms with Crippen molar-refractivity contribution in [3.05, 3.63) is 42.5 Å². The zero-order valence-electron chi connectivity index (χ0n) is 11.0. The van der Waals surface area contributed by atoms with Crippen molar-refractivity contribution in [3.8, 4) is 6.07 Å². The van der Waals surface area contributed by atoms with Crippen LogP contribution in [0.25, 0.3) is 0 Å². The van der Waals surface area contributed by atoms with E-state index in [2.05, 4.69) is 18.0 Å². The van der Waals surface area contributed by atoms with Crippen molar-refractivity contribution in [1.29, 1.82) is 5.26 Å². The minimum Gasteiger partial charge on any atom is -0.352 e. The summed E-state index contributed by atoms with van der Waals surface area (Å²) in [6.07, 6.45) is 1.76. The standard InChI is InChI=1S/C15H15N3O2/c1-2-7-17-15(20)12-8-14(19)18(10-12)13-6-4-3-5-11(13)9-16/h2-6,12H,1,7-8,10H2,(H,17,20). The summed E-state index contributed by atoms with van der Waals surface area (Å²) in [4.78, 5) is 25.4. The number of carbonyl (C=O) groups is 2. The van der Waals surface area contributed by atoms with Crippen molar-refractivity contribution < 1.29 is 9.59 Å². The summed E-state index contributed by atoms with van der Waals surface area (Å²) in [5, 5.41) is 11.8. The van der Waals surface area contributed by atoms with E-state index in [-0.39, 0.29) is 24.2 Å². The molecule has 1 aliphatic rings. The van der Waals surface area contributed by atoms with E-state index < -0.39 is 0 Å². The molecule has 5 nitrogen and oxygen atoms in total. The first kappa shape index (κ1) is 13.8. The van der Waals surface area contributed by atoms with Crippen molar-refractivity contribution in [2.45, 2.75) is 6.42 Å². The normalized spacial score (nSPS) is 17.6. The van der Waals surface area contributed by atoms with Crippen LogP contribution < -0.4 is 10.2 Å². The molecule has 2 amide bonds. The molecule has 102 valence electrons. The number of nitriles is 1. The summed E-state index contributed by atoms with van der Waals surface area (Å²) < 4.78 is 0. The Kier molecular flexibility index (Phi) is 4.16. The van der Waals surface area contributed by atoms with Crippen LogP contribution in [0.15, 0.2) is 36.9 Å². The maximum absolute atomic E-state index is 12.0. The first-order valence-electron chi connectivity index (χ1n) is 6.35. The third-order valence-corrected chi connectivity index (χ3v) is 3.23. The number of benzene rings is 1. The highest BCUT2D eigenvalue weighted by Gasteiger charge is 2.35. The van der Waals surface area contributed by atoms with E-state index in [1.54, 1.807) is 30.3 Å². The molecule has 0 aliphatic carbocycles. The zero-order chi connectivity index (χ0) is 14.5. The number of hydrogen-bond donors (Lipinski definition) is 1. The molecular formula is C15H15N3O2. The SMILES string of the molecule is C=CCNC(=O)C1CC(=O)N(c2ccccc2C#N)C1. The zero-order valence-corrected chi connectivity index (χ0v) is 11.0. The minimum absolute atomic E-state index is 0.133. The quantitative estimate of drug-likeness (QED) is 0.835. The highest BCUT2D eigenvalue weighted by Crippen LogP contribution is 2.27. The number of nitrogens with zero attached hydrogens (tertiary/aromatic N) is 2. The molecule has 1 fully saturated rings. The Morgan fingerprint density at radius 3 is 3.00 bits per heavy atom. The lowest BCUT2D eigenvalue weighted by Crippen LogP contribution is -2.33. The molecule has 0 radical (unpaired) electrons. The second-order valence-electron chi connectivity index (χ2n) is 4.57. The molecule has 2 rings (SSSR count). The van der Waals surface area contributed by atoms with E-state index in [1.165, 1.54) is 4.90 Å². The summed E-state index contributed by atoms with van der Waals surface area (Å²) in [5.74, 6) is -0.671. The summed E-state index contributed by atoms with van der Waals surface area (Å²) >= 11 is 0. The molecule has 20 heavy (non-hydrogen) atoms. The Hall–Kier alpha value is -2.61. The van der Waals surface area contributed by atoms with Crippen molar-refractivity contribution >= 4 is 17.5 Å². The highest BCUT2D eigenvalue weighted by molar-refractivity contribution is 6.01. The van der Waals surface area contributed by atoms with Crippen LogP contribution >= 0.6 is 0 Å². The van der Waals surface area contributed by atoms with Gasteiger partial charge in [0.15, 0.2) is 0 Å². The molecule has 1 aliphatic heterocycles. The average molecular weight is 269 g/mol. The van der Waals surface area contributed by atoms with Gasteiger partial charge in [-0.1, -0.05) is 18.2 Å². The lowest BCUT2D eigenvalue weighted by molar-refractivity contribution is -0.126. The van der Waals surface area contributed by atoms with Gasteiger partial charge in [0.25, 0.3) is 0 Å².